The first-order valence-corrected chi connectivity index (χ1v) is 10.5. The Morgan fingerprint density at radius 3 is 2.18 bits per heavy atom. The van der Waals surface area contributed by atoms with Gasteiger partial charge in [0.15, 0.2) is 0 Å². The molecule has 0 saturated carbocycles. The van der Waals surface area contributed by atoms with E-state index < -0.39 is 0 Å². The first kappa shape index (κ1) is 21.1. The number of carbonyl (C=O) groups is 1. The summed E-state index contributed by atoms with van der Waals surface area (Å²) < 4.78 is 0. The van der Waals surface area contributed by atoms with E-state index in [1.165, 1.54) is 5.56 Å². The number of nitrogens with one attached hydrogen (secondary N) is 1. The normalized spacial score (nSPS) is 15.5. The molecule has 150 valence electrons. The van der Waals surface area contributed by atoms with Crippen LogP contribution in [0, 0.1) is 0 Å². The van der Waals surface area contributed by atoms with E-state index in [2.05, 4.69) is 40.2 Å². The average molecular weight is 420 g/mol. The molecule has 2 aromatic rings. The fraction of sp³-hybridized carbons (Fsp3) is 0.409. The molecule has 3 rings (SSSR count). The molecule has 0 unspecified atom stereocenters. The van der Waals surface area contributed by atoms with Gasteiger partial charge in [-0.25, -0.2) is 0 Å². The Hall–Kier alpha value is -1.59. The Morgan fingerprint density at radius 1 is 0.929 bits per heavy atom. The smallest absolute Gasteiger partial charge is 0.224 e. The predicted octanol–water partition coefficient (Wildman–Crippen LogP) is 3.99. The quantitative estimate of drug-likeness (QED) is 0.736. The second kappa shape index (κ2) is 10.3. The summed E-state index contributed by atoms with van der Waals surface area (Å²) in [5, 5.41) is 4.06. The van der Waals surface area contributed by atoms with Crippen LogP contribution in [-0.2, 0) is 24.3 Å². The first-order valence-electron chi connectivity index (χ1n) is 9.78. The summed E-state index contributed by atoms with van der Waals surface area (Å²) in [5.74, 6) is -0.0821. The molecule has 1 N–H and O–H groups in total. The summed E-state index contributed by atoms with van der Waals surface area (Å²) in [7, 11) is 0. The van der Waals surface area contributed by atoms with Crippen LogP contribution in [0.3, 0.4) is 0 Å². The van der Waals surface area contributed by atoms with E-state index in [1.54, 1.807) is 18.2 Å². The molecule has 1 aliphatic rings. The zero-order chi connectivity index (χ0) is 19.9. The lowest BCUT2D eigenvalue weighted by atomic mass is 10.1. The van der Waals surface area contributed by atoms with Crippen LogP contribution < -0.4 is 5.32 Å². The molecule has 1 aliphatic heterocycles. The van der Waals surface area contributed by atoms with Gasteiger partial charge in [0.05, 0.1) is 6.42 Å². The molecule has 0 bridgehead atoms. The van der Waals surface area contributed by atoms with E-state index in [-0.39, 0.29) is 12.3 Å². The largest absolute Gasteiger partial charge is 0.352 e. The van der Waals surface area contributed by atoms with Crippen molar-refractivity contribution < 1.29 is 4.79 Å². The molecule has 2 aromatic carbocycles. The topological polar surface area (TPSA) is 35.6 Å². The Balaban J connectivity index is 1.57. The van der Waals surface area contributed by atoms with Gasteiger partial charge < -0.3 is 10.2 Å². The SMILES string of the molecule is CCN1CCN(Cc2ccccc2CNC(=O)Cc2c(Cl)cccc2Cl)CC1. The Kier molecular flexibility index (Phi) is 7.74. The van der Waals surface area contributed by atoms with Crippen molar-refractivity contribution in [2.45, 2.75) is 26.4 Å². The number of hydrogen-bond acceptors (Lipinski definition) is 3. The lowest BCUT2D eigenvalue weighted by Gasteiger charge is -2.34. The lowest BCUT2D eigenvalue weighted by molar-refractivity contribution is -0.120. The number of hydrogen-bond donors (Lipinski definition) is 1. The highest BCUT2D eigenvalue weighted by atomic mass is 35.5. The molecule has 1 saturated heterocycles. The predicted molar refractivity (Wildman–Crippen MR) is 116 cm³/mol. The standard InChI is InChI=1S/C22H27Cl2N3O/c1-2-26-10-12-27(13-11-26)16-18-7-4-3-6-17(18)15-25-22(28)14-19-20(23)8-5-9-21(19)24/h3-9H,2,10-16H2,1H3,(H,25,28). The van der Waals surface area contributed by atoms with Crippen LogP contribution >= 0.6 is 23.2 Å². The summed E-state index contributed by atoms with van der Waals surface area (Å²) in [4.78, 5) is 17.4. The van der Waals surface area contributed by atoms with Crippen LogP contribution in [-0.4, -0.2) is 48.4 Å². The minimum absolute atomic E-state index is 0.0821. The van der Waals surface area contributed by atoms with Crippen molar-refractivity contribution >= 4 is 29.1 Å². The summed E-state index contributed by atoms with van der Waals surface area (Å²) in [6.45, 7) is 9.16. The number of benzene rings is 2. The van der Waals surface area contributed by atoms with Crippen LogP contribution in [0.4, 0.5) is 0 Å². The summed E-state index contributed by atoms with van der Waals surface area (Å²) in [6.07, 6.45) is 0.180. The molecule has 0 aromatic heterocycles. The van der Waals surface area contributed by atoms with Crippen molar-refractivity contribution in [2.75, 3.05) is 32.7 Å². The van der Waals surface area contributed by atoms with Gasteiger partial charge in [-0.1, -0.05) is 60.5 Å². The second-order valence-corrected chi connectivity index (χ2v) is 7.95. The van der Waals surface area contributed by atoms with Gasteiger partial charge in [-0.05, 0) is 35.4 Å². The first-order chi connectivity index (χ1) is 13.6. The average Bonchev–Trinajstić information content (AvgIpc) is 2.71. The van der Waals surface area contributed by atoms with E-state index >= 15 is 0 Å². The van der Waals surface area contributed by atoms with Gasteiger partial charge in [0.2, 0.25) is 5.91 Å². The molecule has 4 nitrogen and oxygen atoms in total. The van der Waals surface area contributed by atoms with Crippen LogP contribution in [0.5, 0.6) is 0 Å². The van der Waals surface area contributed by atoms with E-state index in [0.717, 1.165) is 44.8 Å². The summed E-state index contributed by atoms with van der Waals surface area (Å²) in [6, 6.07) is 13.6. The minimum atomic E-state index is -0.0821. The third-order valence-electron chi connectivity index (χ3n) is 5.30. The second-order valence-electron chi connectivity index (χ2n) is 7.13. The Morgan fingerprint density at radius 2 is 1.54 bits per heavy atom. The number of halogens is 2. The molecule has 1 fully saturated rings. The van der Waals surface area contributed by atoms with Crippen LogP contribution in [0.15, 0.2) is 42.5 Å². The van der Waals surface area contributed by atoms with Crippen molar-refractivity contribution in [3.63, 3.8) is 0 Å². The summed E-state index contributed by atoms with van der Waals surface area (Å²) >= 11 is 12.3. The molecule has 1 amide bonds. The third kappa shape index (κ3) is 5.71. The fourth-order valence-electron chi connectivity index (χ4n) is 3.51. The number of amides is 1. The number of carbonyl (C=O) groups excluding carboxylic acids is 1. The van der Waals surface area contributed by atoms with Crippen molar-refractivity contribution in [1.82, 2.24) is 15.1 Å². The zero-order valence-corrected chi connectivity index (χ0v) is 17.8. The molecule has 0 radical (unpaired) electrons. The van der Waals surface area contributed by atoms with Crippen LogP contribution in [0.2, 0.25) is 10.0 Å². The van der Waals surface area contributed by atoms with E-state index in [0.29, 0.717) is 22.2 Å². The van der Waals surface area contributed by atoms with Crippen molar-refractivity contribution in [3.8, 4) is 0 Å². The lowest BCUT2D eigenvalue weighted by Crippen LogP contribution is -2.45. The maximum absolute atomic E-state index is 12.4. The Bertz CT molecular complexity index is 784. The number of piperazine rings is 1. The molecule has 6 heteroatoms. The highest BCUT2D eigenvalue weighted by Gasteiger charge is 2.17. The van der Waals surface area contributed by atoms with E-state index in [1.807, 2.05) is 6.07 Å². The molecule has 28 heavy (non-hydrogen) atoms. The van der Waals surface area contributed by atoms with Crippen LogP contribution in [0.25, 0.3) is 0 Å². The maximum Gasteiger partial charge on any atom is 0.224 e. The number of likely N-dealkylation sites (N-methyl/N-ethyl adjacent to an activating group) is 1. The molecule has 0 spiro atoms. The monoisotopic (exact) mass is 419 g/mol. The van der Waals surface area contributed by atoms with E-state index in [9.17, 15) is 4.79 Å². The van der Waals surface area contributed by atoms with Gasteiger partial charge in [-0.3, -0.25) is 9.69 Å². The highest BCUT2D eigenvalue weighted by molar-refractivity contribution is 6.36. The summed E-state index contributed by atoms with van der Waals surface area (Å²) in [5.41, 5.74) is 3.09. The zero-order valence-electron chi connectivity index (χ0n) is 16.3. The van der Waals surface area contributed by atoms with Gasteiger partial charge in [0.1, 0.15) is 0 Å². The number of rotatable bonds is 7. The van der Waals surface area contributed by atoms with Gasteiger partial charge in [-0.2, -0.15) is 0 Å². The molecular formula is C22H27Cl2N3O. The van der Waals surface area contributed by atoms with Crippen molar-refractivity contribution in [1.29, 1.82) is 0 Å². The molecular weight excluding hydrogens is 393 g/mol. The van der Waals surface area contributed by atoms with Gasteiger partial charge in [0, 0.05) is 49.3 Å². The third-order valence-corrected chi connectivity index (χ3v) is 6.01. The fourth-order valence-corrected chi connectivity index (χ4v) is 4.04. The van der Waals surface area contributed by atoms with Crippen molar-refractivity contribution in [3.05, 3.63) is 69.2 Å². The van der Waals surface area contributed by atoms with Crippen molar-refractivity contribution in [2.24, 2.45) is 0 Å². The molecule has 1 heterocycles. The van der Waals surface area contributed by atoms with Gasteiger partial charge in [0.25, 0.3) is 0 Å². The van der Waals surface area contributed by atoms with E-state index in [4.69, 9.17) is 23.2 Å². The van der Waals surface area contributed by atoms with Gasteiger partial charge in [-0.15, -0.1) is 0 Å². The number of nitrogens with zero attached hydrogens (tertiary/aromatic N) is 2. The molecule has 0 atom stereocenters. The van der Waals surface area contributed by atoms with Crippen LogP contribution in [0.1, 0.15) is 23.6 Å². The minimum Gasteiger partial charge on any atom is -0.352 e. The van der Waals surface area contributed by atoms with Gasteiger partial charge >= 0.3 is 0 Å². The maximum atomic E-state index is 12.4. The molecule has 0 aliphatic carbocycles. The highest BCUT2D eigenvalue weighted by Crippen LogP contribution is 2.24. The Labute approximate surface area is 177 Å².